The highest BCUT2D eigenvalue weighted by atomic mass is 32.2. The summed E-state index contributed by atoms with van der Waals surface area (Å²) in [6.45, 7) is 0.781. The van der Waals surface area contributed by atoms with Gasteiger partial charge in [-0.1, -0.05) is 30.0 Å². The van der Waals surface area contributed by atoms with Gasteiger partial charge in [0.1, 0.15) is 10.9 Å². The highest BCUT2D eigenvalue weighted by molar-refractivity contribution is 8.26. The van der Waals surface area contributed by atoms with Gasteiger partial charge >= 0.3 is 5.97 Å². The molecule has 0 aliphatic carbocycles. The number of amides is 2. The molecule has 10 heteroatoms. The summed E-state index contributed by atoms with van der Waals surface area (Å²) in [4.78, 5) is 39.7. The largest absolute Gasteiger partial charge is 0.481 e. The van der Waals surface area contributed by atoms with Crippen LogP contribution in [0, 0.1) is 5.92 Å². The van der Waals surface area contributed by atoms with Crippen LogP contribution in [-0.2, 0) is 14.4 Å². The number of fused-ring (bicyclic) bond motifs is 1. The molecule has 152 valence electrons. The number of hydrogen-bond donors (Lipinski definition) is 1. The summed E-state index contributed by atoms with van der Waals surface area (Å²) in [5, 5.41) is 9.07. The van der Waals surface area contributed by atoms with Crippen LogP contribution < -0.4 is 9.47 Å². The third kappa shape index (κ3) is 4.08. The van der Waals surface area contributed by atoms with Crippen LogP contribution in [0.3, 0.4) is 0 Å². The van der Waals surface area contributed by atoms with Crippen molar-refractivity contribution < 1.29 is 29.0 Å². The highest BCUT2D eigenvalue weighted by Crippen LogP contribution is 2.36. The first-order valence-electron chi connectivity index (χ1n) is 9.08. The van der Waals surface area contributed by atoms with Gasteiger partial charge in [0.2, 0.25) is 12.7 Å². The van der Waals surface area contributed by atoms with Crippen LogP contribution in [0.4, 0.5) is 0 Å². The molecule has 2 saturated heterocycles. The van der Waals surface area contributed by atoms with E-state index in [9.17, 15) is 14.4 Å². The molecule has 1 aromatic carbocycles. The smallest absolute Gasteiger partial charge is 0.306 e. The minimum atomic E-state index is -0.831. The Labute approximate surface area is 176 Å². The first-order valence-corrected chi connectivity index (χ1v) is 10.3. The van der Waals surface area contributed by atoms with E-state index in [1.54, 1.807) is 23.1 Å². The molecule has 3 aliphatic rings. The van der Waals surface area contributed by atoms with E-state index in [4.69, 9.17) is 26.8 Å². The summed E-state index contributed by atoms with van der Waals surface area (Å²) in [5.41, 5.74) is 0.775. The van der Waals surface area contributed by atoms with E-state index in [0.29, 0.717) is 46.7 Å². The molecule has 0 radical (unpaired) electrons. The molecule has 2 fully saturated rings. The lowest BCUT2D eigenvalue weighted by atomic mass is 9.97. The van der Waals surface area contributed by atoms with Gasteiger partial charge in [-0.25, -0.2) is 0 Å². The van der Waals surface area contributed by atoms with Crippen LogP contribution in [0.1, 0.15) is 18.4 Å². The van der Waals surface area contributed by atoms with Crippen LogP contribution in [0.15, 0.2) is 23.1 Å². The Bertz CT molecular complexity index is 923. The number of carboxylic acid groups (broad SMARTS) is 1. The third-order valence-electron chi connectivity index (χ3n) is 5.06. The van der Waals surface area contributed by atoms with Crippen molar-refractivity contribution >= 4 is 52.2 Å². The number of carboxylic acids is 1. The van der Waals surface area contributed by atoms with Gasteiger partial charge in [0.15, 0.2) is 11.5 Å². The fraction of sp³-hybridized carbons (Fsp3) is 0.368. The minimum Gasteiger partial charge on any atom is -0.481 e. The molecule has 8 nitrogen and oxygen atoms in total. The lowest BCUT2D eigenvalue weighted by molar-refractivity contribution is -0.146. The summed E-state index contributed by atoms with van der Waals surface area (Å²) in [6.07, 6.45) is 2.55. The molecule has 3 heterocycles. The van der Waals surface area contributed by atoms with E-state index >= 15 is 0 Å². The maximum absolute atomic E-state index is 12.8. The number of aliphatic carboxylic acids is 1. The molecule has 0 atom stereocenters. The van der Waals surface area contributed by atoms with Gasteiger partial charge in [0.05, 0.1) is 10.8 Å². The van der Waals surface area contributed by atoms with Crippen molar-refractivity contribution in [2.24, 2.45) is 5.92 Å². The number of thiocarbonyl (C=S) groups is 1. The average Bonchev–Trinajstić information content (AvgIpc) is 3.27. The zero-order chi connectivity index (χ0) is 20.5. The van der Waals surface area contributed by atoms with Gasteiger partial charge < -0.3 is 19.5 Å². The van der Waals surface area contributed by atoms with E-state index in [2.05, 4.69) is 0 Å². The lowest BCUT2D eigenvalue weighted by Gasteiger charge is -2.31. The molecule has 0 bridgehead atoms. The predicted molar refractivity (Wildman–Crippen MR) is 109 cm³/mol. The van der Waals surface area contributed by atoms with Crippen molar-refractivity contribution in [3.8, 4) is 11.5 Å². The standard InChI is InChI=1S/C19H18N2O6S2/c22-16(20-5-3-12(4-6-20)18(24)25)9-21-17(23)15(29-19(21)28)8-11-1-2-13-14(7-11)27-10-26-13/h1-2,7-8,12H,3-6,9-10H2,(H,24,25)/b15-8-. The fourth-order valence-corrected chi connectivity index (χ4v) is 4.66. The van der Waals surface area contributed by atoms with E-state index in [-0.39, 0.29) is 25.2 Å². The zero-order valence-corrected chi connectivity index (χ0v) is 17.0. The third-order valence-corrected chi connectivity index (χ3v) is 6.44. The van der Waals surface area contributed by atoms with Gasteiger partial charge in [-0.15, -0.1) is 0 Å². The van der Waals surface area contributed by atoms with Crippen molar-refractivity contribution in [1.82, 2.24) is 9.80 Å². The molecule has 0 aromatic heterocycles. The SMILES string of the molecule is O=C(O)C1CCN(C(=O)CN2C(=O)/C(=C/c3ccc4c(c3)OCO4)SC2=S)CC1. The van der Waals surface area contributed by atoms with Crippen molar-refractivity contribution in [2.75, 3.05) is 26.4 Å². The minimum absolute atomic E-state index is 0.138. The normalized spacial score (nSPS) is 20.6. The summed E-state index contributed by atoms with van der Waals surface area (Å²) >= 11 is 6.45. The van der Waals surface area contributed by atoms with E-state index in [1.165, 1.54) is 4.90 Å². The maximum Gasteiger partial charge on any atom is 0.306 e. The second-order valence-electron chi connectivity index (χ2n) is 6.87. The van der Waals surface area contributed by atoms with Crippen molar-refractivity contribution in [3.05, 3.63) is 28.7 Å². The van der Waals surface area contributed by atoms with Crippen molar-refractivity contribution in [2.45, 2.75) is 12.8 Å². The van der Waals surface area contributed by atoms with Crippen molar-refractivity contribution in [1.29, 1.82) is 0 Å². The Kier molecular flexibility index (Phi) is 5.46. The average molecular weight is 434 g/mol. The van der Waals surface area contributed by atoms with Gasteiger partial charge in [-0.2, -0.15) is 0 Å². The monoisotopic (exact) mass is 434 g/mol. The molecule has 29 heavy (non-hydrogen) atoms. The second kappa shape index (κ2) is 8.03. The van der Waals surface area contributed by atoms with Crippen LogP contribution in [-0.4, -0.2) is 63.4 Å². The van der Waals surface area contributed by atoms with Crippen LogP contribution in [0.5, 0.6) is 11.5 Å². The predicted octanol–water partition coefficient (Wildman–Crippen LogP) is 1.94. The number of nitrogens with zero attached hydrogens (tertiary/aromatic N) is 2. The molecular formula is C19H18N2O6S2. The molecular weight excluding hydrogens is 416 g/mol. The first-order chi connectivity index (χ1) is 13.9. The van der Waals surface area contributed by atoms with E-state index in [0.717, 1.165) is 17.3 Å². The number of piperidine rings is 1. The molecule has 3 aliphatic heterocycles. The Morgan fingerprint density at radius 1 is 1.24 bits per heavy atom. The van der Waals surface area contributed by atoms with E-state index in [1.807, 2.05) is 6.07 Å². The summed E-state index contributed by atoms with van der Waals surface area (Å²) in [6, 6.07) is 5.38. The fourth-order valence-electron chi connectivity index (χ4n) is 3.40. The van der Waals surface area contributed by atoms with Gasteiger partial charge in [-0.05, 0) is 36.6 Å². The Morgan fingerprint density at radius 2 is 1.97 bits per heavy atom. The van der Waals surface area contributed by atoms with Crippen molar-refractivity contribution in [3.63, 3.8) is 0 Å². The number of ether oxygens (including phenoxy) is 2. The zero-order valence-electron chi connectivity index (χ0n) is 15.3. The number of carbonyl (C=O) groups is 3. The first kappa shape index (κ1) is 19.7. The number of carbonyl (C=O) groups excluding carboxylic acids is 2. The van der Waals surface area contributed by atoms with Gasteiger partial charge in [0, 0.05) is 13.1 Å². The molecule has 2 amide bonds. The highest BCUT2D eigenvalue weighted by Gasteiger charge is 2.35. The molecule has 1 aromatic rings. The summed E-state index contributed by atoms with van der Waals surface area (Å²) < 4.78 is 11.0. The molecule has 0 unspecified atom stereocenters. The van der Waals surface area contributed by atoms with Gasteiger partial charge in [-0.3, -0.25) is 19.3 Å². The molecule has 1 N–H and O–H groups in total. The molecule has 0 spiro atoms. The Morgan fingerprint density at radius 3 is 2.69 bits per heavy atom. The quantitative estimate of drug-likeness (QED) is 0.567. The topological polar surface area (TPSA) is 96.4 Å². The molecule has 4 rings (SSSR count). The number of hydrogen-bond acceptors (Lipinski definition) is 7. The number of rotatable bonds is 4. The number of thioether (sulfide) groups is 1. The second-order valence-corrected chi connectivity index (χ2v) is 8.55. The van der Waals surface area contributed by atoms with Crippen LogP contribution in [0.2, 0.25) is 0 Å². The maximum atomic E-state index is 12.8. The molecule has 0 saturated carbocycles. The lowest BCUT2D eigenvalue weighted by Crippen LogP contribution is -2.46. The van der Waals surface area contributed by atoms with Crippen LogP contribution in [0.25, 0.3) is 6.08 Å². The summed E-state index contributed by atoms with van der Waals surface area (Å²) in [7, 11) is 0. The number of benzene rings is 1. The summed E-state index contributed by atoms with van der Waals surface area (Å²) in [5.74, 6) is -0.509. The Hall–Kier alpha value is -2.59. The Balaban J connectivity index is 1.41. The number of likely N-dealkylation sites (tertiary alicyclic amines) is 1. The van der Waals surface area contributed by atoms with Gasteiger partial charge in [0.25, 0.3) is 5.91 Å². The van der Waals surface area contributed by atoms with E-state index < -0.39 is 11.9 Å². The van der Waals surface area contributed by atoms with Crippen LogP contribution >= 0.6 is 24.0 Å².